The van der Waals surface area contributed by atoms with Crippen molar-refractivity contribution >= 4 is 22.9 Å². The molecule has 0 N–H and O–H groups in total. The van der Waals surface area contributed by atoms with Crippen molar-refractivity contribution in [2.45, 2.75) is 12.6 Å². The van der Waals surface area contributed by atoms with Crippen molar-refractivity contribution in [3.8, 4) is 0 Å². The first-order chi connectivity index (χ1) is 11.3. The molecule has 0 amide bonds. The number of nitrogens with zero attached hydrogens (tertiary/aromatic N) is 2. The topological polar surface area (TPSA) is 72.6 Å². The molecule has 0 spiro atoms. The van der Waals surface area contributed by atoms with Gasteiger partial charge < -0.3 is 0 Å². The fraction of sp³-hybridized carbons (Fsp3) is 0.125. The van der Waals surface area contributed by atoms with Crippen LogP contribution in [0, 0.1) is 10.1 Å². The fourth-order valence-corrected chi connectivity index (χ4v) is 2.53. The molecule has 0 bridgehead atoms. The summed E-state index contributed by atoms with van der Waals surface area (Å²) in [5.41, 5.74) is -0.874. The van der Waals surface area contributed by atoms with Crippen LogP contribution in [-0.4, -0.2) is 16.4 Å². The Morgan fingerprint density at radius 3 is 2.33 bits per heavy atom. The van der Waals surface area contributed by atoms with Crippen LogP contribution in [0.4, 0.5) is 24.5 Å². The van der Waals surface area contributed by atoms with Crippen molar-refractivity contribution < 1.29 is 22.9 Å². The van der Waals surface area contributed by atoms with Gasteiger partial charge >= 0.3 is 6.18 Å². The molecule has 0 aromatic heterocycles. The molecule has 1 heterocycles. The van der Waals surface area contributed by atoms with Gasteiger partial charge in [-0.25, -0.2) is 0 Å². The molecule has 0 saturated carbocycles. The number of nitro groups is 1. The summed E-state index contributed by atoms with van der Waals surface area (Å²) in [6.07, 6.45) is -4.93. The largest absolute Gasteiger partial charge is 0.417 e. The molecule has 5 nitrogen and oxygen atoms in total. The molecule has 24 heavy (non-hydrogen) atoms. The van der Waals surface area contributed by atoms with E-state index in [4.69, 9.17) is 0 Å². The van der Waals surface area contributed by atoms with Crippen LogP contribution in [0.2, 0.25) is 0 Å². The molecule has 0 radical (unpaired) electrons. The lowest BCUT2D eigenvalue weighted by atomic mass is 9.92. The summed E-state index contributed by atoms with van der Waals surface area (Å²) >= 11 is 0. The van der Waals surface area contributed by atoms with Gasteiger partial charge in [-0.05, 0) is 29.8 Å². The van der Waals surface area contributed by atoms with Gasteiger partial charge in [-0.15, -0.1) is 0 Å². The summed E-state index contributed by atoms with van der Waals surface area (Å²) in [6.45, 7) is 0. The molecule has 0 aliphatic carbocycles. The van der Waals surface area contributed by atoms with Gasteiger partial charge in [0.25, 0.3) is 5.69 Å². The highest BCUT2D eigenvalue weighted by Crippen LogP contribution is 2.39. The lowest BCUT2D eigenvalue weighted by molar-refractivity contribution is -0.384. The minimum atomic E-state index is -4.64. The Hall–Kier alpha value is -3.03. The first-order valence-electron chi connectivity index (χ1n) is 6.83. The third kappa shape index (κ3) is 2.78. The zero-order valence-corrected chi connectivity index (χ0v) is 12.0. The highest BCUT2D eigenvalue weighted by Gasteiger charge is 2.37. The highest BCUT2D eigenvalue weighted by atomic mass is 19.4. The number of alkyl halides is 3. The monoisotopic (exact) mass is 334 g/mol. The van der Waals surface area contributed by atoms with Crippen molar-refractivity contribution in [3.63, 3.8) is 0 Å². The SMILES string of the molecule is O=C1CC(c2ccc([N+](=O)[O-])cc2)=Nc2cccc(C(F)(F)F)c21. The maximum absolute atomic E-state index is 13.0. The van der Waals surface area contributed by atoms with E-state index in [1.807, 2.05) is 0 Å². The van der Waals surface area contributed by atoms with E-state index in [0.29, 0.717) is 5.56 Å². The van der Waals surface area contributed by atoms with Crippen LogP contribution in [0.5, 0.6) is 0 Å². The zero-order chi connectivity index (χ0) is 17.5. The predicted octanol–water partition coefficient (Wildman–Crippen LogP) is 4.32. The summed E-state index contributed by atoms with van der Waals surface area (Å²) in [4.78, 5) is 26.4. The van der Waals surface area contributed by atoms with E-state index in [-0.39, 0.29) is 23.5 Å². The Morgan fingerprint density at radius 1 is 1.08 bits per heavy atom. The number of benzene rings is 2. The van der Waals surface area contributed by atoms with Crippen LogP contribution in [-0.2, 0) is 6.18 Å². The Labute approximate surface area is 133 Å². The summed E-state index contributed by atoms with van der Waals surface area (Å²) in [5, 5.41) is 10.7. The molecule has 2 aromatic carbocycles. The van der Waals surface area contributed by atoms with Gasteiger partial charge in [0.05, 0.1) is 33.9 Å². The van der Waals surface area contributed by atoms with E-state index in [0.717, 1.165) is 6.07 Å². The second-order valence-corrected chi connectivity index (χ2v) is 5.16. The molecule has 2 aromatic rings. The van der Waals surface area contributed by atoms with E-state index in [9.17, 15) is 28.1 Å². The van der Waals surface area contributed by atoms with Crippen molar-refractivity contribution in [2.24, 2.45) is 4.99 Å². The number of hydrogen-bond donors (Lipinski definition) is 0. The van der Waals surface area contributed by atoms with Gasteiger partial charge in [-0.1, -0.05) is 6.07 Å². The minimum absolute atomic E-state index is 0.0468. The molecule has 0 unspecified atom stereocenters. The summed E-state index contributed by atoms with van der Waals surface area (Å²) in [7, 11) is 0. The number of Topliss-reactive ketones (excluding diaryl/α,β-unsaturated/α-hetero) is 1. The van der Waals surface area contributed by atoms with Crippen molar-refractivity contribution in [2.75, 3.05) is 0 Å². The average Bonchev–Trinajstić information content (AvgIpc) is 2.53. The average molecular weight is 334 g/mol. The van der Waals surface area contributed by atoms with Gasteiger partial charge in [-0.3, -0.25) is 19.9 Å². The van der Waals surface area contributed by atoms with Gasteiger partial charge in [0.1, 0.15) is 0 Å². The predicted molar refractivity (Wildman–Crippen MR) is 79.7 cm³/mol. The maximum atomic E-state index is 13.0. The summed E-state index contributed by atoms with van der Waals surface area (Å²) in [5.74, 6) is -0.679. The Morgan fingerprint density at radius 2 is 1.75 bits per heavy atom. The van der Waals surface area contributed by atoms with Crippen LogP contribution in [0.1, 0.15) is 27.9 Å². The van der Waals surface area contributed by atoms with Gasteiger partial charge in [0.2, 0.25) is 0 Å². The standard InChI is InChI=1S/C16H9F3N2O3/c17-16(18,19)11-2-1-3-12-15(11)14(22)8-13(20-12)9-4-6-10(7-5-9)21(23)24/h1-7H,8H2. The number of ketones is 1. The van der Waals surface area contributed by atoms with E-state index >= 15 is 0 Å². The quantitative estimate of drug-likeness (QED) is 0.606. The molecule has 3 rings (SSSR count). The van der Waals surface area contributed by atoms with E-state index in [1.165, 1.54) is 36.4 Å². The number of non-ortho nitro benzene ring substituents is 1. The van der Waals surface area contributed by atoms with Crippen LogP contribution >= 0.6 is 0 Å². The summed E-state index contributed by atoms with van der Waals surface area (Å²) < 4.78 is 39.1. The van der Waals surface area contributed by atoms with Crippen LogP contribution in [0.15, 0.2) is 47.5 Å². The van der Waals surface area contributed by atoms with Crippen molar-refractivity contribution in [1.29, 1.82) is 0 Å². The molecular formula is C16H9F3N2O3. The first kappa shape index (κ1) is 15.9. The molecule has 1 aliphatic rings. The minimum Gasteiger partial charge on any atom is -0.294 e. The Bertz CT molecular complexity index is 871. The normalized spacial score (nSPS) is 14.1. The second-order valence-electron chi connectivity index (χ2n) is 5.16. The van der Waals surface area contributed by atoms with Crippen molar-refractivity contribution in [1.82, 2.24) is 0 Å². The molecular weight excluding hydrogens is 325 g/mol. The third-order valence-electron chi connectivity index (χ3n) is 3.62. The molecule has 0 atom stereocenters. The van der Waals surface area contributed by atoms with Gasteiger partial charge in [0, 0.05) is 12.1 Å². The highest BCUT2D eigenvalue weighted by molar-refractivity contribution is 6.21. The van der Waals surface area contributed by atoms with E-state index < -0.39 is 28.0 Å². The number of rotatable bonds is 2. The summed E-state index contributed by atoms with van der Waals surface area (Å²) in [6, 6.07) is 8.73. The number of aliphatic imine (C=N–C) groups is 1. The molecule has 1 aliphatic heterocycles. The number of fused-ring (bicyclic) bond motifs is 1. The number of carbonyl (C=O) groups excluding carboxylic acids is 1. The lowest BCUT2D eigenvalue weighted by Crippen LogP contribution is -2.19. The van der Waals surface area contributed by atoms with Crippen LogP contribution < -0.4 is 0 Å². The fourth-order valence-electron chi connectivity index (χ4n) is 2.53. The number of carbonyl (C=O) groups is 1. The molecule has 0 saturated heterocycles. The van der Waals surface area contributed by atoms with Crippen LogP contribution in [0.25, 0.3) is 0 Å². The number of halogens is 3. The van der Waals surface area contributed by atoms with E-state index in [1.54, 1.807) is 0 Å². The maximum Gasteiger partial charge on any atom is 0.417 e. The first-order valence-corrected chi connectivity index (χ1v) is 6.83. The van der Waals surface area contributed by atoms with Gasteiger partial charge in [-0.2, -0.15) is 13.2 Å². The molecule has 8 heteroatoms. The Kier molecular flexibility index (Phi) is 3.67. The van der Waals surface area contributed by atoms with Crippen LogP contribution in [0.3, 0.4) is 0 Å². The lowest BCUT2D eigenvalue weighted by Gasteiger charge is -2.19. The van der Waals surface area contributed by atoms with Gasteiger partial charge in [0.15, 0.2) is 5.78 Å². The molecule has 0 fully saturated rings. The number of hydrogen-bond acceptors (Lipinski definition) is 4. The second kappa shape index (κ2) is 5.55. The van der Waals surface area contributed by atoms with Crippen molar-refractivity contribution in [3.05, 3.63) is 69.3 Å². The number of nitro benzene ring substituents is 1. The van der Waals surface area contributed by atoms with E-state index in [2.05, 4.69) is 4.99 Å². The smallest absolute Gasteiger partial charge is 0.294 e. The third-order valence-corrected chi connectivity index (χ3v) is 3.62. The molecule has 122 valence electrons. The zero-order valence-electron chi connectivity index (χ0n) is 12.0. The Balaban J connectivity index is 2.07.